The van der Waals surface area contributed by atoms with E-state index in [0.717, 1.165) is 77.4 Å². The van der Waals surface area contributed by atoms with Gasteiger partial charge in [0.2, 0.25) is 0 Å². The van der Waals surface area contributed by atoms with Crippen LogP contribution < -0.4 is 0 Å². The second kappa shape index (κ2) is 10.5. The highest BCUT2D eigenvalue weighted by Gasteiger charge is 2.35. The number of hydrogen-bond acceptors (Lipinski definition) is 7. The number of nitriles is 2. The third-order valence-corrected chi connectivity index (χ3v) is 6.70. The topological polar surface area (TPSA) is 69.8 Å². The Balaban J connectivity index is 1.61. The number of hydrogen-bond donors (Lipinski definition) is 0. The van der Waals surface area contributed by atoms with Crippen molar-refractivity contribution in [2.24, 2.45) is 0 Å². The van der Waals surface area contributed by atoms with E-state index >= 15 is 0 Å². The van der Waals surface area contributed by atoms with Crippen LogP contribution in [-0.2, 0) is 4.74 Å². The molecule has 0 aromatic heterocycles. The molecule has 0 aromatic carbocycles. The monoisotopic (exact) mass is 414 g/mol. The van der Waals surface area contributed by atoms with E-state index in [0.29, 0.717) is 12.1 Å². The van der Waals surface area contributed by atoms with Crippen LogP contribution in [-0.4, -0.2) is 96.2 Å². The second-order valence-corrected chi connectivity index (χ2v) is 9.33. The Morgan fingerprint density at radius 2 is 1.63 bits per heavy atom. The van der Waals surface area contributed by atoms with Crippen molar-refractivity contribution in [3.8, 4) is 12.1 Å². The normalized spacial score (nSPS) is 26.8. The lowest BCUT2D eigenvalue weighted by atomic mass is 10.0. The molecule has 3 aliphatic rings. The maximum atomic E-state index is 9.61. The number of ether oxygens (including phenoxy) is 1. The molecular weight excluding hydrogens is 376 g/mol. The summed E-state index contributed by atoms with van der Waals surface area (Å²) in [5.74, 6) is 0.881. The summed E-state index contributed by atoms with van der Waals surface area (Å²) in [5.41, 5.74) is 0.271. The van der Waals surface area contributed by atoms with Gasteiger partial charge in [0.05, 0.1) is 12.2 Å². The van der Waals surface area contributed by atoms with Gasteiger partial charge in [-0.3, -0.25) is 4.90 Å². The zero-order chi connectivity index (χ0) is 21.7. The minimum atomic E-state index is 0.271. The summed E-state index contributed by atoms with van der Waals surface area (Å²) in [6, 6.07) is 5.35. The van der Waals surface area contributed by atoms with Crippen LogP contribution in [0, 0.1) is 22.7 Å². The van der Waals surface area contributed by atoms with Gasteiger partial charge in [0.25, 0.3) is 0 Å². The standard InChI is InChI=1S/C23H38N6O/c1-18(2)27-10-6-22(7-11-27)29-13-12-28(23(29)21(14-24)15-25)9-5-8-26-16-19(3)30-20(4)17-26/h18-20,22H,5-13,16-17H2,1-4H3. The molecule has 3 saturated heterocycles. The molecule has 3 heterocycles. The molecule has 7 nitrogen and oxygen atoms in total. The van der Waals surface area contributed by atoms with Crippen LogP contribution in [0.3, 0.4) is 0 Å². The van der Waals surface area contributed by atoms with E-state index in [4.69, 9.17) is 4.74 Å². The highest BCUT2D eigenvalue weighted by atomic mass is 16.5. The van der Waals surface area contributed by atoms with E-state index < -0.39 is 0 Å². The number of nitrogens with zero attached hydrogens (tertiary/aromatic N) is 6. The lowest BCUT2D eigenvalue weighted by Gasteiger charge is -2.40. The zero-order valence-electron chi connectivity index (χ0n) is 19.2. The first-order chi connectivity index (χ1) is 14.4. The van der Waals surface area contributed by atoms with Gasteiger partial charge in [-0.2, -0.15) is 10.5 Å². The van der Waals surface area contributed by atoms with Crippen molar-refractivity contribution in [2.75, 3.05) is 52.4 Å². The molecule has 7 heteroatoms. The molecule has 3 rings (SSSR count). The SMILES string of the molecule is CC1CN(CCCN2CCN(C3CCN(C(C)C)CC3)C2=C(C#N)C#N)CC(C)O1. The van der Waals surface area contributed by atoms with E-state index in [1.807, 2.05) is 0 Å². The molecule has 3 fully saturated rings. The van der Waals surface area contributed by atoms with Gasteiger partial charge in [-0.15, -0.1) is 0 Å². The predicted molar refractivity (Wildman–Crippen MR) is 117 cm³/mol. The number of piperidine rings is 1. The van der Waals surface area contributed by atoms with E-state index in [1.165, 1.54) is 0 Å². The molecule has 0 aromatic rings. The van der Waals surface area contributed by atoms with Gasteiger partial charge < -0.3 is 19.4 Å². The van der Waals surface area contributed by atoms with Crippen LogP contribution in [0.25, 0.3) is 0 Å². The van der Waals surface area contributed by atoms with Gasteiger partial charge in [0.15, 0.2) is 5.57 Å². The fourth-order valence-electron chi connectivity index (χ4n) is 5.29. The summed E-state index contributed by atoms with van der Waals surface area (Å²) in [5, 5.41) is 19.2. The predicted octanol–water partition coefficient (Wildman–Crippen LogP) is 2.23. The Morgan fingerprint density at radius 3 is 2.20 bits per heavy atom. The minimum absolute atomic E-state index is 0.271. The summed E-state index contributed by atoms with van der Waals surface area (Å²) in [4.78, 5) is 9.64. The highest BCUT2D eigenvalue weighted by Crippen LogP contribution is 2.29. The van der Waals surface area contributed by atoms with Crippen LogP contribution in [0.1, 0.15) is 47.0 Å². The van der Waals surface area contributed by atoms with Gasteiger partial charge in [-0.25, -0.2) is 0 Å². The summed E-state index contributed by atoms with van der Waals surface area (Å²) in [7, 11) is 0. The van der Waals surface area contributed by atoms with Crippen molar-refractivity contribution in [3.63, 3.8) is 0 Å². The quantitative estimate of drug-likeness (QED) is 0.617. The number of morpholine rings is 1. The molecule has 0 amide bonds. The van der Waals surface area contributed by atoms with Crippen molar-refractivity contribution in [2.45, 2.75) is 71.2 Å². The number of rotatable bonds is 6. The highest BCUT2D eigenvalue weighted by molar-refractivity contribution is 5.40. The van der Waals surface area contributed by atoms with E-state index in [9.17, 15) is 10.5 Å². The van der Waals surface area contributed by atoms with Gasteiger partial charge >= 0.3 is 0 Å². The van der Waals surface area contributed by atoms with E-state index in [1.54, 1.807) is 0 Å². The molecule has 30 heavy (non-hydrogen) atoms. The largest absolute Gasteiger partial charge is 0.373 e. The van der Waals surface area contributed by atoms with Gasteiger partial charge in [-0.1, -0.05) is 0 Å². The first kappa shape index (κ1) is 22.9. The summed E-state index contributed by atoms with van der Waals surface area (Å²) in [6.07, 6.45) is 3.80. The Bertz CT molecular complexity index is 659. The Labute approximate surface area is 182 Å². The number of allylic oxidation sites excluding steroid dienone is 1. The molecule has 166 valence electrons. The Hall–Kier alpha value is -1.80. The Kier molecular flexibility index (Phi) is 7.99. The summed E-state index contributed by atoms with van der Waals surface area (Å²) in [6.45, 7) is 16.7. The Morgan fingerprint density at radius 1 is 1.00 bits per heavy atom. The van der Waals surface area contributed by atoms with Crippen molar-refractivity contribution >= 4 is 0 Å². The zero-order valence-corrected chi connectivity index (χ0v) is 19.2. The van der Waals surface area contributed by atoms with Crippen molar-refractivity contribution in [3.05, 3.63) is 11.4 Å². The lowest BCUT2D eigenvalue weighted by Crippen LogP contribution is -2.46. The van der Waals surface area contributed by atoms with Crippen LogP contribution >= 0.6 is 0 Å². The van der Waals surface area contributed by atoms with Crippen LogP contribution in [0.5, 0.6) is 0 Å². The third kappa shape index (κ3) is 5.46. The summed E-state index contributed by atoms with van der Waals surface area (Å²) < 4.78 is 5.84. The molecular formula is C23H38N6O. The molecule has 0 radical (unpaired) electrons. The molecule has 3 aliphatic heterocycles. The molecule has 0 saturated carbocycles. The van der Waals surface area contributed by atoms with Crippen LogP contribution in [0.4, 0.5) is 0 Å². The van der Waals surface area contributed by atoms with Crippen LogP contribution in [0.2, 0.25) is 0 Å². The fourth-order valence-corrected chi connectivity index (χ4v) is 5.29. The first-order valence-corrected chi connectivity index (χ1v) is 11.6. The molecule has 0 bridgehead atoms. The maximum absolute atomic E-state index is 9.61. The smallest absolute Gasteiger partial charge is 0.169 e. The maximum Gasteiger partial charge on any atom is 0.169 e. The van der Waals surface area contributed by atoms with Gasteiger partial charge in [-0.05, 0) is 47.0 Å². The van der Waals surface area contributed by atoms with Crippen molar-refractivity contribution in [1.29, 1.82) is 10.5 Å². The first-order valence-electron chi connectivity index (χ1n) is 11.6. The van der Waals surface area contributed by atoms with E-state index in [-0.39, 0.29) is 17.8 Å². The van der Waals surface area contributed by atoms with E-state index in [2.05, 4.69) is 59.4 Å². The van der Waals surface area contributed by atoms with Crippen LogP contribution in [0.15, 0.2) is 11.4 Å². The molecule has 0 spiro atoms. The van der Waals surface area contributed by atoms with Crippen molar-refractivity contribution in [1.82, 2.24) is 19.6 Å². The second-order valence-electron chi connectivity index (χ2n) is 9.33. The average molecular weight is 415 g/mol. The molecule has 2 unspecified atom stereocenters. The van der Waals surface area contributed by atoms with Crippen molar-refractivity contribution < 1.29 is 4.74 Å². The fraction of sp³-hybridized carbons (Fsp3) is 0.826. The molecule has 0 aliphatic carbocycles. The summed E-state index contributed by atoms with van der Waals surface area (Å²) >= 11 is 0. The number of likely N-dealkylation sites (tertiary alicyclic amines) is 1. The van der Waals surface area contributed by atoms with Gasteiger partial charge in [0, 0.05) is 64.4 Å². The molecule has 2 atom stereocenters. The molecule has 0 N–H and O–H groups in total. The third-order valence-electron chi connectivity index (χ3n) is 6.70. The van der Waals surface area contributed by atoms with Gasteiger partial charge in [0.1, 0.15) is 18.0 Å². The lowest BCUT2D eigenvalue weighted by molar-refractivity contribution is -0.0683. The minimum Gasteiger partial charge on any atom is -0.373 e. The average Bonchev–Trinajstić information content (AvgIpc) is 3.12.